The van der Waals surface area contributed by atoms with Crippen LogP contribution < -0.4 is 5.32 Å². The van der Waals surface area contributed by atoms with Crippen LogP contribution in [-0.4, -0.2) is 15.7 Å². The first kappa shape index (κ1) is 17.0. The second kappa shape index (κ2) is 6.71. The molecule has 4 rings (SSSR count). The first-order valence-corrected chi connectivity index (χ1v) is 8.98. The highest BCUT2D eigenvalue weighted by Crippen LogP contribution is 2.41. The number of aliphatic imine (C=N–C) groups is 1. The fraction of sp³-hybridized carbons (Fsp3) is 0.150. The predicted molar refractivity (Wildman–Crippen MR) is 107 cm³/mol. The first-order chi connectivity index (χ1) is 12.5. The zero-order chi connectivity index (χ0) is 18.1. The van der Waals surface area contributed by atoms with Crippen LogP contribution in [0.15, 0.2) is 65.9 Å². The molecule has 0 spiro atoms. The zero-order valence-corrected chi connectivity index (χ0v) is 15.6. The smallest absolute Gasteiger partial charge is 0.0881 e. The third-order valence-electron chi connectivity index (χ3n) is 4.42. The van der Waals surface area contributed by atoms with E-state index in [0.717, 1.165) is 28.5 Å². The van der Waals surface area contributed by atoms with Crippen molar-refractivity contribution < 1.29 is 0 Å². The minimum absolute atomic E-state index is 0.470. The summed E-state index contributed by atoms with van der Waals surface area (Å²) in [5.41, 5.74) is 3.69. The highest BCUT2D eigenvalue weighted by Gasteiger charge is 2.33. The van der Waals surface area contributed by atoms with Gasteiger partial charge in [-0.2, -0.15) is 0 Å². The van der Waals surface area contributed by atoms with Gasteiger partial charge in [0, 0.05) is 18.8 Å². The number of anilines is 1. The van der Waals surface area contributed by atoms with Gasteiger partial charge in [-0.05, 0) is 43.3 Å². The molecule has 0 fully saturated rings. The number of aromatic nitrogens is 2. The quantitative estimate of drug-likeness (QED) is 0.624. The van der Waals surface area contributed by atoms with Gasteiger partial charge >= 0.3 is 0 Å². The lowest BCUT2D eigenvalue weighted by atomic mass is 9.89. The van der Waals surface area contributed by atoms with E-state index in [9.17, 15) is 0 Å². The van der Waals surface area contributed by atoms with E-state index in [-0.39, 0.29) is 0 Å². The summed E-state index contributed by atoms with van der Waals surface area (Å²) >= 11 is 12.5. The molecule has 4 nitrogen and oxygen atoms in total. The number of hydrogen-bond acceptors (Lipinski definition) is 4. The standard InChI is InChI=1S/C20H16Cl2N4/c1-20(19-7-3-5-9-24-19)12-18(15-6-2-4-8-23-15)25-16-10-13(21)14(22)11-17(16)26-20/h2-11,26H,12H2,1H3. The molecule has 3 aromatic rings. The molecule has 1 aliphatic heterocycles. The molecule has 0 radical (unpaired) electrons. The van der Waals surface area contributed by atoms with E-state index in [1.165, 1.54) is 0 Å². The number of nitrogens with zero attached hydrogens (tertiary/aromatic N) is 3. The van der Waals surface area contributed by atoms with Crippen molar-refractivity contribution in [3.8, 4) is 0 Å². The highest BCUT2D eigenvalue weighted by atomic mass is 35.5. The number of nitrogens with one attached hydrogen (secondary N) is 1. The summed E-state index contributed by atoms with van der Waals surface area (Å²) in [5, 5.41) is 4.53. The van der Waals surface area contributed by atoms with Crippen molar-refractivity contribution in [2.45, 2.75) is 18.9 Å². The first-order valence-electron chi connectivity index (χ1n) is 8.23. The maximum absolute atomic E-state index is 6.24. The fourth-order valence-corrected chi connectivity index (χ4v) is 3.44. The number of fused-ring (bicyclic) bond motifs is 1. The summed E-state index contributed by atoms with van der Waals surface area (Å²) in [6.07, 6.45) is 4.18. The topological polar surface area (TPSA) is 50.2 Å². The molecule has 0 saturated heterocycles. The number of benzene rings is 1. The van der Waals surface area contributed by atoms with Crippen LogP contribution in [0.4, 0.5) is 11.4 Å². The van der Waals surface area contributed by atoms with Crippen molar-refractivity contribution in [3.05, 3.63) is 82.4 Å². The van der Waals surface area contributed by atoms with Crippen molar-refractivity contribution >= 4 is 40.3 Å². The van der Waals surface area contributed by atoms with Crippen LogP contribution >= 0.6 is 23.2 Å². The van der Waals surface area contributed by atoms with Crippen LogP contribution in [-0.2, 0) is 5.54 Å². The molecule has 1 unspecified atom stereocenters. The monoisotopic (exact) mass is 382 g/mol. The third kappa shape index (κ3) is 3.18. The van der Waals surface area contributed by atoms with Gasteiger partial charge in [0.1, 0.15) is 0 Å². The molecule has 0 bridgehead atoms. The van der Waals surface area contributed by atoms with E-state index in [0.29, 0.717) is 16.5 Å². The molecule has 3 heterocycles. The summed E-state index contributed by atoms with van der Waals surface area (Å²) in [5.74, 6) is 0. The lowest BCUT2D eigenvalue weighted by Gasteiger charge is -2.30. The largest absolute Gasteiger partial charge is 0.372 e. The van der Waals surface area contributed by atoms with Gasteiger partial charge in [-0.25, -0.2) is 4.99 Å². The Balaban J connectivity index is 1.91. The molecule has 1 N–H and O–H groups in total. The van der Waals surface area contributed by atoms with Crippen molar-refractivity contribution in [1.82, 2.24) is 9.97 Å². The van der Waals surface area contributed by atoms with E-state index >= 15 is 0 Å². The Hall–Kier alpha value is -2.43. The molecular weight excluding hydrogens is 367 g/mol. The van der Waals surface area contributed by atoms with Gasteiger partial charge in [-0.3, -0.25) is 9.97 Å². The SMILES string of the molecule is CC1(c2ccccn2)CC(c2ccccn2)=Nc2cc(Cl)c(Cl)cc2N1. The summed E-state index contributed by atoms with van der Waals surface area (Å²) in [7, 11) is 0. The van der Waals surface area contributed by atoms with Gasteiger partial charge in [0.05, 0.1) is 44.1 Å². The predicted octanol–water partition coefficient (Wildman–Crippen LogP) is 5.64. The van der Waals surface area contributed by atoms with Crippen LogP contribution in [0.1, 0.15) is 24.7 Å². The van der Waals surface area contributed by atoms with E-state index in [2.05, 4.69) is 22.2 Å². The van der Waals surface area contributed by atoms with Crippen LogP contribution in [0.2, 0.25) is 10.0 Å². The molecule has 0 aliphatic carbocycles. The summed E-state index contributed by atoms with van der Waals surface area (Å²) in [6.45, 7) is 2.10. The van der Waals surface area contributed by atoms with E-state index < -0.39 is 5.54 Å². The van der Waals surface area contributed by atoms with Crippen molar-refractivity contribution in [3.63, 3.8) is 0 Å². The Morgan fingerprint density at radius 3 is 2.38 bits per heavy atom. The Morgan fingerprint density at radius 1 is 0.962 bits per heavy atom. The minimum atomic E-state index is -0.472. The third-order valence-corrected chi connectivity index (χ3v) is 5.14. The molecule has 0 saturated carbocycles. The molecular formula is C20H16Cl2N4. The van der Waals surface area contributed by atoms with Crippen LogP contribution in [0.5, 0.6) is 0 Å². The maximum atomic E-state index is 6.24. The van der Waals surface area contributed by atoms with Gasteiger partial charge in [-0.1, -0.05) is 35.3 Å². The van der Waals surface area contributed by atoms with Crippen molar-refractivity contribution in [2.24, 2.45) is 4.99 Å². The van der Waals surface area contributed by atoms with Crippen molar-refractivity contribution in [1.29, 1.82) is 0 Å². The van der Waals surface area contributed by atoms with Gasteiger partial charge in [0.15, 0.2) is 0 Å². The highest BCUT2D eigenvalue weighted by molar-refractivity contribution is 6.42. The maximum Gasteiger partial charge on any atom is 0.0881 e. The number of hydrogen-bond donors (Lipinski definition) is 1. The average molecular weight is 383 g/mol. The normalized spacial score (nSPS) is 19.1. The molecule has 26 heavy (non-hydrogen) atoms. The van der Waals surface area contributed by atoms with Gasteiger partial charge in [-0.15, -0.1) is 0 Å². The summed E-state index contributed by atoms with van der Waals surface area (Å²) in [6, 6.07) is 15.3. The number of halogens is 2. The van der Waals surface area contributed by atoms with E-state index in [1.807, 2.05) is 42.5 Å². The zero-order valence-electron chi connectivity index (χ0n) is 14.1. The molecule has 130 valence electrons. The molecule has 1 aliphatic rings. The van der Waals surface area contributed by atoms with Gasteiger partial charge in [0.2, 0.25) is 0 Å². The number of pyridine rings is 2. The van der Waals surface area contributed by atoms with Crippen molar-refractivity contribution in [2.75, 3.05) is 5.32 Å². The molecule has 0 amide bonds. The number of rotatable bonds is 2. The van der Waals surface area contributed by atoms with Crippen LogP contribution in [0.25, 0.3) is 0 Å². The molecule has 6 heteroatoms. The molecule has 1 aromatic carbocycles. The summed E-state index contributed by atoms with van der Waals surface area (Å²) in [4.78, 5) is 13.9. The molecule has 1 atom stereocenters. The second-order valence-corrected chi connectivity index (χ2v) is 7.22. The Kier molecular flexibility index (Phi) is 4.39. The van der Waals surface area contributed by atoms with Gasteiger partial charge in [0.25, 0.3) is 0 Å². The van der Waals surface area contributed by atoms with Crippen LogP contribution in [0.3, 0.4) is 0 Å². The van der Waals surface area contributed by atoms with E-state index in [4.69, 9.17) is 28.2 Å². The van der Waals surface area contributed by atoms with E-state index in [1.54, 1.807) is 18.5 Å². The lowest BCUT2D eigenvalue weighted by molar-refractivity contribution is 0.551. The Morgan fingerprint density at radius 2 is 1.69 bits per heavy atom. The minimum Gasteiger partial charge on any atom is -0.372 e. The Labute approximate surface area is 161 Å². The molecule has 2 aromatic heterocycles. The average Bonchev–Trinajstić information content (AvgIpc) is 2.80. The fourth-order valence-electron chi connectivity index (χ4n) is 3.12. The van der Waals surface area contributed by atoms with Crippen LogP contribution in [0, 0.1) is 0 Å². The lowest BCUT2D eigenvalue weighted by Crippen LogP contribution is -2.35. The van der Waals surface area contributed by atoms with Gasteiger partial charge < -0.3 is 5.32 Å². The summed E-state index contributed by atoms with van der Waals surface area (Å²) < 4.78 is 0. The second-order valence-electron chi connectivity index (χ2n) is 6.41. The Bertz CT molecular complexity index is 974.